The number of morpholine rings is 1. The molecule has 35 heavy (non-hydrogen) atoms. The maximum Gasteiger partial charge on any atom is 0.227 e. The number of hydrogen-bond donors (Lipinski definition) is 2. The van der Waals surface area contributed by atoms with Crippen molar-refractivity contribution in [3.05, 3.63) is 40.7 Å². The quantitative estimate of drug-likeness (QED) is 0.656. The Balaban J connectivity index is 1.18. The summed E-state index contributed by atoms with van der Waals surface area (Å²) in [4.78, 5) is 13.8. The summed E-state index contributed by atoms with van der Waals surface area (Å²) in [5.41, 5.74) is 4.42. The van der Waals surface area contributed by atoms with Crippen molar-refractivity contribution in [3.63, 3.8) is 0 Å². The minimum absolute atomic E-state index is 0.276. The second-order valence-electron chi connectivity index (χ2n) is 10.5. The van der Waals surface area contributed by atoms with E-state index in [0.29, 0.717) is 22.8 Å². The normalized spacial score (nSPS) is 27.5. The highest BCUT2D eigenvalue weighted by molar-refractivity contribution is 6.32. The van der Waals surface area contributed by atoms with E-state index >= 15 is 0 Å². The van der Waals surface area contributed by atoms with Crippen LogP contribution in [-0.2, 0) is 9.47 Å². The van der Waals surface area contributed by atoms with Crippen LogP contribution in [-0.4, -0.2) is 61.5 Å². The van der Waals surface area contributed by atoms with Gasteiger partial charge in [0.05, 0.1) is 37.3 Å². The Morgan fingerprint density at radius 3 is 2.74 bits per heavy atom. The van der Waals surface area contributed by atoms with Crippen LogP contribution < -0.4 is 20.4 Å². The average Bonchev–Trinajstić information content (AvgIpc) is 3.67. The third kappa shape index (κ3) is 4.06. The van der Waals surface area contributed by atoms with Crippen LogP contribution in [0.1, 0.15) is 37.7 Å². The number of fused-ring (bicyclic) bond motifs is 4. The van der Waals surface area contributed by atoms with Crippen LogP contribution in [0.3, 0.4) is 0 Å². The number of ether oxygens (including phenoxy) is 2. The first-order valence-corrected chi connectivity index (χ1v) is 13.2. The lowest BCUT2D eigenvalue weighted by atomic mass is 10.0. The minimum Gasteiger partial charge on any atom is -0.494 e. The summed E-state index contributed by atoms with van der Waals surface area (Å²) in [5, 5.41) is 7.82. The number of likely N-dealkylation sites (N-methyl/N-ethyl adjacent to an activating group) is 1. The van der Waals surface area contributed by atoms with Crippen LogP contribution in [0.2, 0.25) is 5.02 Å². The molecule has 184 valence electrons. The first kappa shape index (κ1) is 21.6. The Kier molecular flexibility index (Phi) is 5.21. The lowest BCUT2D eigenvalue weighted by molar-refractivity contribution is 0.0299. The number of benzene rings is 1. The summed E-state index contributed by atoms with van der Waals surface area (Å²) < 4.78 is 12.2. The molecular formula is C26H31ClN6O2. The molecule has 3 fully saturated rings. The van der Waals surface area contributed by atoms with E-state index < -0.39 is 0 Å². The molecule has 1 saturated carbocycles. The molecule has 4 aliphatic heterocycles. The zero-order valence-corrected chi connectivity index (χ0v) is 20.7. The lowest BCUT2D eigenvalue weighted by Gasteiger charge is -2.32. The third-order valence-corrected chi connectivity index (χ3v) is 8.16. The first-order chi connectivity index (χ1) is 17.1. The van der Waals surface area contributed by atoms with Crippen molar-refractivity contribution in [1.82, 2.24) is 15.3 Å². The maximum absolute atomic E-state index is 6.53. The number of nitrogens with zero attached hydrogens (tertiary/aromatic N) is 4. The molecule has 1 aliphatic carbocycles. The van der Waals surface area contributed by atoms with Gasteiger partial charge in [-0.2, -0.15) is 4.98 Å². The smallest absolute Gasteiger partial charge is 0.227 e. The molecule has 0 radical (unpaired) electrons. The predicted octanol–water partition coefficient (Wildman–Crippen LogP) is 4.15. The van der Waals surface area contributed by atoms with Crippen molar-refractivity contribution >= 4 is 40.4 Å². The van der Waals surface area contributed by atoms with Crippen LogP contribution in [0.4, 0.5) is 23.1 Å². The summed E-state index contributed by atoms with van der Waals surface area (Å²) in [5.74, 6) is 3.12. The Bertz CT molecular complexity index is 1170. The van der Waals surface area contributed by atoms with E-state index in [1.807, 2.05) is 0 Å². The standard InChI is InChI=1S/C26H31ClN6O2/c1-32-14-23-24(30-21(8-9-34-23)15-2-3-15)19-10-16(4-7-22(19)32)29-25-20(27)11-28-26(31-25)33-12-17-5-6-18(13-33)35-17/h4,7,10-11,15,17-18,21,30H,2-3,5-6,8-9,12-14H2,1H3,(H,28,29,31)/t17?,18?,21-/m1/s1. The Morgan fingerprint density at radius 2 is 1.94 bits per heavy atom. The predicted molar refractivity (Wildman–Crippen MR) is 137 cm³/mol. The molecule has 5 heterocycles. The second-order valence-corrected chi connectivity index (χ2v) is 10.9. The van der Waals surface area contributed by atoms with E-state index in [0.717, 1.165) is 74.1 Å². The largest absolute Gasteiger partial charge is 0.494 e. The van der Waals surface area contributed by atoms with Gasteiger partial charge in [-0.05, 0) is 49.8 Å². The Morgan fingerprint density at radius 1 is 1.11 bits per heavy atom. The summed E-state index contributed by atoms with van der Waals surface area (Å²) in [7, 11) is 2.12. The van der Waals surface area contributed by atoms with Gasteiger partial charge >= 0.3 is 0 Å². The summed E-state index contributed by atoms with van der Waals surface area (Å²) in [6, 6.07) is 6.91. The summed E-state index contributed by atoms with van der Waals surface area (Å²) in [6.07, 6.45) is 8.15. The van der Waals surface area contributed by atoms with Gasteiger partial charge in [0.1, 0.15) is 10.8 Å². The van der Waals surface area contributed by atoms with Gasteiger partial charge in [0, 0.05) is 49.5 Å². The molecule has 9 heteroatoms. The minimum atomic E-state index is 0.276. The van der Waals surface area contributed by atoms with Crippen molar-refractivity contribution in [3.8, 4) is 0 Å². The second kappa shape index (κ2) is 8.45. The zero-order chi connectivity index (χ0) is 23.5. The molecule has 0 spiro atoms. The molecule has 8 nitrogen and oxygen atoms in total. The number of nitrogens with one attached hydrogen (secondary N) is 2. The molecule has 5 aliphatic rings. The molecule has 2 unspecified atom stereocenters. The van der Waals surface area contributed by atoms with Gasteiger partial charge < -0.3 is 29.9 Å². The highest BCUT2D eigenvalue weighted by Crippen LogP contribution is 2.41. The van der Waals surface area contributed by atoms with E-state index in [9.17, 15) is 0 Å². The van der Waals surface area contributed by atoms with Crippen molar-refractivity contribution in [2.75, 3.05) is 48.4 Å². The highest BCUT2D eigenvalue weighted by atomic mass is 35.5. The Labute approximate surface area is 210 Å². The van der Waals surface area contributed by atoms with Gasteiger partial charge in [0.15, 0.2) is 5.82 Å². The van der Waals surface area contributed by atoms with Gasteiger partial charge in [-0.1, -0.05) is 11.6 Å². The van der Waals surface area contributed by atoms with Crippen molar-refractivity contribution in [2.24, 2.45) is 5.92 Å². The number of hydrogen-bond acceptors (Lipinski definition) is 8. The maximum atomic E-state index is 6.53. The number of anilines is 4. The van der Waals surface area contributed by atoms with Crippen LogP contribution >= 0.6 is 11.6 Å². The van der Waals surface area contributed by atoms with E-state index in [4.69, 9.17) is 26.1 Å². The lowest BCUT2D eigenvalue weighted by Crippen LogP contribution is -2.43. The van der Waals surface area contributed by atoms with Gasteiger partial charge in [0.25, 0.3) is 0 Å². The van der Waals surface area contributed by atoms with Crippen molar-refractivity contribution in [1.29, 1.82) is 0 Å². The van der Waals surface area contributed by atoms with Crippen LogP contribution in [0.15, 0.2) is 30.2 Å². The van der Waals surface area contributed by atoms with Gasteiger partial charge in [0.2, 0.25) is 5.95 Å². The zero-order valence-electron chi connectivity index (χ0n) is 20.0. The van der Waals surface area contributed by atoms with Crippen molar-refractivity contribution < 1.29 is 9.47 Å². The van der Waals surface area contributed by atoms with E-state index in [1.54, 1.807) is 6.20 Å². The molecule has 2 N–H and O–H groups in total. The molecule has 3 atom stereocenters. The number of aromatic nitrogens is 2. The topological polar surface area (TPSA) is 74.8 Å². The molecule has 1 aromatic heterocycles. The van der Waals surface area contributed by atoms with Crippen LogP contribution in [0, 0.1) is 5.92 Å². The number of rotatable bonds is 4. The van der Waals surface area contributed by atoms with E-state index in [1.165, 1.54) is 18.5 Å². The van der Waals surface area contributed by atoms with E-state index in [2.05, 4.69) is 50.7 Å². The summed E-state index contributed by atoms with van der Waals surface area (Å²) >= 11 is 6.53. The fourth-order valence-electron chi connectivity index (χ4n) is 5.88. The van der Waals surface area contributed by atoms with Gasteiger partial charge in [-0.25, -0.2) is 4.98 Å². The van der Waals surface area contributed by atoms with Crippen LogP contribution in [0.5, 0.6) is 0 Å². The molecule has 2 bridgehead atoms. The molecular weight excluding hydrogens is 464 g/mol. The number of halogens is 1. The van der Waals surface area contributed by atoms with Crippen molar-refractivity contribution in [2.45, 2.75) is 50.4 Å². The molecule has 2 aromatic rings. The van der Waals surface area contributed by atoms with Crippen LogP contribution in [0.25, 0.3) is 5.70 Å². The molecule has 0 amide bonds. The summed E-state index contributed by atoms with van der Waals surface area (Å²) in [6.45, 7) is 3.21. The fourth-order valence-corrected chi connectivity index (χ4v) is 6.02. The fraction of sp³-hybridized carbons (Fsp3) is 0.538. The van der Waals surface area contributed by atoms with Gasteiger partial charge in [-0.3, -0.25) is 0 Å². The highest BCUT2D eigenvalue weighted by Gasteiger charge is 2.36. The molecule has 2 saturated heterocycles. The molecule has 7 rings (SSSR count). The Hall–Kier alpha value is -2.71. The monoisotopic (exact) mass is 494 g/mol. The third-order valence-electron chi connectivity index (χ3n) is 7.88. The first-order valence-electron chi connectivity index (χ1n) is 12.8. The molecule has 1 aromatic carbocycles. The van der Waals surface area contributed by atoms with E-state index in [-0.39, 0.29) is 12.2 Å². The SMILES string of the molecule is CN1CC2=C(N[C@@H](C3CC3)CCO2)c2cc(Nc3nc(N4CC5CCC(C4)O5)ncc3Cl)ccc21. The van der Waals surface area contributed by atoms with Gasteiger partial charge in [-0.15, -0.1) is 0 Å². The average molecular weight is 495 g/mol.